The highest BCUT2D eigenvalue weighted by Crippen LogP contribution is 2.49. The van der Waals surface area contributed by atoms with Gasteiger partial charge in [0.2, 0.25) is 11.6 Å². The van der Waals surface area contributed by atoms with Crippen LogP contribution >= 0.6 is 10.5 Å². The van der Waals surface area contributed by atoms with Crippen LogP contribution in [-0.4, -0.2) is 90.1 Å². The van der Waals surface area contributed by atoms with Crippen molar-refractivity contribution in [2.45, 2.75) is 142 Å². The highest BCUT2D eigenvalue weighted by atomic mass is 32.3. The monoisotopic (exact) mass is 2030 g/mol. The van der Waals surface area contributed by atoms with Gasteiger partial charge in [-0.15, -0.1) is 0 Å². The van der Waals surface area contributed by atoms with E-state index in [0.29, 0.717) is 43.0 Å². The fourth-order valence-corrected chi connectivity index (χ4v) is 22.5. The summed E-state index contributed by atoms with van der Waals surface area (Å²) < 4.78 is 261. The smallest absolute Gasteiger partial charge is 0.470 e. The molecule has 15 aromatic rings. The third-order valence-corrected chi connectivity index (χ3v) is 32.6. The molecular weight excluding hydrogens is 1930 g/mol. The first-order valence-electron chi connectivity index (χ1n) is 43.4. The molecule has 14 aromatic carbocycles. The van der Waals surface area contributed by atoms with Crippen LogP contribution in [0.3, 0.4) is 0 Å². The van der Waals surface area contributed by atoms with Gasteiger partial charge in [-0.2, -0.15) is 26.0 Å². The molecule has 17 nitrogen and oxygen atoms in total. The third kappa shape index (κ3) is 30.0. The SMILES string of the molecule is CCC(C)c1ccc(OCCCOc2c(F)c(F)c(S(=O)(=O)[O-])c(F)c2F)cc1.CCC(C)c1ccc(OCCCOc2ccc(S(=O)(=O)[O-])cc2)cc1.CCC(C)c1ccc(OS(=O)(=O)C(F)(F)S(=O)(=O)[O-])cc1.Fc1ccc([S+](c2ccc(F)cc2)c2ccc(F)cc2)cc1.OCCc1ccc(-[s+]2c3ccccc3c3ccccc32)cc1.c1ccc([S+](c2ccccc2)c2ccccc2)cc1. The number of alkyl halides is 2. The van der Waals surface area contributed by atoms with E-state index >= 15 is 0 Å². The van der Waals surface area contributed by atoms with E-state index in [1.54, 1.807) is 48.5 Å². The summed E-state index contributed by atoms with van der Waals surface area (Å²) in [5.41, 5.74) is 4.48. The lowest BCUT2D eigenvalue weighted by molar-refractivity contribution is 0.153. The summed E-state index contributed by atoms with van der Waals surface area (Å²) in [4.78, 5) is 5.62. The molecule has 0 radical (unpaired) electrons. The Morgan fingerprint density at radius 3 is 0.971 bits per heavy atom. The molecule has 0 fully saturated rings. The van der Waals surface area contributed by atoms with Crippen LogP contribution in [0.25, 0.3) is 25.1 Å². The predicted octanol–water partition coefficient (Wildman–Crippen LogP) is 25.7. The maximum absolute atomic E-state index is 13.8. The Hall–Kier alpha value is -12.0. The van der Waals surface area contributed by atoms with Crippen molar-refractivity contribution in [1.29, 1.82) is 0 Å². The lowest BCUT2D eigenvalue weighted by atomic mass is 9.99. The standard InChI is InChI=1S/C20H17OS.C19H20F4O5S.C19H24O5S.C18H12F3S.C18H15S.C11H14F2O6S2/c21-14-13-15-9-11-16(12-10-15)22-19-7-3-1-5-17(19)18-6-2-4-8-20(18)22;1-3-11(2)12-5-7-13(8-6-12)27-9-4-10-28-18-14(20)16(22)19(29(24,25)26)17(23)15(18)21;1-3-15(2)16-5-7-17(8-6-16)23-13-4-14-24-18-9-11-19(12-10-18)25(20,21)22;19-13-1-7-16(8-2-13)22(17-9-3-14(20)4-10-17)18-11-5-15(21)6-12-18;1-4-10-16(11-5-1)19(17-12-6-2-7-13-17)18-14-8-3-9-15-18;1-3-8(2)9-4-6-10(7-5-9)19-21(17,18)11(12,13)20(14,15)16/h1-12,21H,13-14H2;5-8,11H,3-4,9-10H2,1-2H3,(H,24,25,26);5-12,15H,3-4,13-14H2,1-2H3,(H,20,21,22);1-12H;1-15H;4-8H,3H2,1-2H3,(H,14,15,16)/q+1;;;2*+1;/p-3. The van der Waals surface area contributed by atoms with Gasteiger partial charge in [0.1, 0.15) is 65.6 Å². The maximum Gasteiger partial charge on any atom is 0.470 e. The lowest BCUT2D eigenvalue weighted by Crippen LogP contribution is -2.40. The Bertz CT molecular complexity index is 6600. The number of rotatable bonds is 33. The van der Waals surface area contributed by atoms with E-state index in [1.807, 2.05) is 38.1 Å². The van der Waals surface area contributed by atoms with Crippen LogP contribution in [0.15, 0.2) is 373 Å². The molecule has 1 N–H and O–H groups in total. The summed E-state index contributed by atoms with van der Waals surface area (Å²) in [7, 11) is -23.1. The fraction of sp³-hybridized carbons (Fsp3) is 0.200. The lowest BCUT2D eigenvalue weighted by Gasteiger charge is -2.19. The molecular formula is C105H99F9O17S7. The summed E-state index contributed by atoms with van der Waals surface area (Å²) in [6.45, 7) is 13.3. The second-order valence-electron chi connectivity index (χ2n) is 30.8. The molecule has 33 heteroatoms. The number of ether oxygens (including phenoxy) is 4. The number of halogens is 9. The Labute approximate surface area is 807 Å². The highest BCUT2D eigenvalue weighted by Gasteiger charge is 2.55. The topological polar surface area (TPSA) is 272 Å². The molecule has 3 atom stereocenters. The number of aliphatic hydroxyl groups is 1. The van der Waals surface area contributed by atoms with Crippen molar-refractivity contribution in [3.63, 3.8) is 0 Å². The summed E-state index contributed by atoms with van der Waals surface area (Å²) in [6, 6.07) is 103. The Morgan fingerprint density at radius 1 is 0.355 bits per heavy atom. The van der Waals surface area contributed by atoms with Crippen LogP contribution < -0.4 is 23.1 Å². The van der Waals surface area contributed by atoms with E-state index < -0.39 is 95.6 Å². The molecule has 0 amide bonds. The minimum Gasteiger partial charge on any atom is -0.744 e. The van der Waals surface area contributed by atoms with Gasteiger partial charge < -0.3 is 41.9 Å². The van der Waals surface area contributed by atoms with E-state index in [0.717, 1.165) is 69.4 Å². The average Bonchev–Trinajstić information content (AvgIpc) is 1.28. The van der Waals surface area contributed by atoms with Gasteiger partial charge in [0.05, 0.1) is 53.1 Å². The van der Waals surface area contributed by atoms with Crippen LogP contribution in [0.2, 0.25) is 0 Å². The molecule has 138 heavy (non-hydrogen) atoms. The second-order valence-corrected chi connectivity index (χ2v) is 42.8. The van der Waals surface area contributed by atoms with Crippen molar-refractivity contribution >= 4 is 92.9 Å². The Morgan fingerprint density at radius 2 is 0.659 bits per heavy atom. The van der Waals surface area contributed by atoms with E-state index in [9.17, 15) is 86.8 Å². The van der Waals surface area contributed by atoms with Gasteiger partial charge in [0.25, 0.3) is 0 Å². The first-order chi connectivity index (χ1) is 65.9. The summed E-state index contributed by atoms with van der Waals surface area (Å²) >= 11 is 0. The van der Waals surface area contributed by atoms with Gasteiger partial charge in [-0.25, -0.2) is 47.2 Å². The van der Waals surface area contributed by atoms with Gasteiger partial charge >= 0.3 is 14.7 Å². The summed E-state index contributed by atoms with van der Waals surface area (Å²) in [6.07, 6.45) is 4.44. The van der Waals surface area contributed by atoms with Crippen molar-refractivity contribution in [2.75, 3.05) is 33.0 Å². The van der Waals surface area contributed by atoms with Crippen molar-refractivity contribution in [3.8, 4) is 33.6 Å². The zero-order chi connectivity index (χ0) is 99.9. The van der Waals surface area contributed by atoms with E-state index in [-0.39, 0.29) is 75.9 Å². The Balaban J connectivity index is 0.000000172. The molecule has 0 aliphatic rings. The highest BCUT2D eigenvalue weighted by molar-refractivity contribution is 8.05. The molecule has 0 saturated heterocycles. The molecule has 0 bridgehead atoms. The summed E-state index contributed by atoms with van der Waals surface area (Å²) in [5, 5.41) is 11.8. The minimum atomic E-state index is -6.40. The number of hydrogen-bond donors (Lipinski definition) is 1. The molecule has 1 aromatic heterocycles. The number of aliphatic hydroxyl groups excluding tert-OH is 1. The zero-order valence-electron chi connectivity index (χ0n) is 75.5. The first-order valence-corrected chi connectivity index (χ1v) is 52.7. The van der Waals surface area contributed by atoms with Crippen molar-refractivity contribution in [1.82, 2.24) is 0 Å². The van der Waals surface area contributed by atoms with Crippen LogP contribution in [-0.2, 0) is 68.7 Å². The van der Waals surface area contributed by atoms with Gasteiger partial charge in [-0.3, -0.25) is 0 Å². The van der Waals surface area contributed by atoms with Gasteiger partial charge in [0.15, 0.2) is 71.2 Å². The van der Waals surface area contributed by atoms with Crippen LogP contribution in [0, 0.1) is 40.7 Å². The van der Waals surface area contributed by atoms with Crippen LogP contribution in [0.1, 0.15) is 114 Å². The average molecular weight is 2030 g/mol. The van der Waals surface area contributed by atoms with E-state index in [1.165, 1.54) is 124 Å². The zero-order valence-corrected chi connectivity index (χ0v) is 81.2. The molecule has 0 saturated carbocycles. The van der Waals surface area contributed by atoms with Crippen LogP contribution in [0.5, 0.6) is 28.7 Å². The number of benzene rings is 14. The van der Waals surface area contributed by atoms with Crippen molar-refractivity contribution in [2.24, 2.45) is 0 Å². The molecule has 0 spiro atoms. The Kier molecular flexibility index (Phi) is 40.0. The van der Waals surface area contributed by atoms with Crippen molar-refractivity contribution in [3.05, 3.63) is 397 Å². The fourth-order valence-electron chi connectivity index (χ4n) is 13.4. The van der Waals surface area contributed by atoms with Crippen molar-refractivity contribution < 1.29 is 115 Å². The molecule has 0 aliphatic heterocycles. The molecule has 15 rings (SSSR count). The number of hydrogen-bond acceptors (Lipinski definition) is 17. The quantitative estimate of drug-likeness (QED) is 0.00999. The maximum atomic E-state index is 13.8. The normalized spacial score (nSPS) is 12.2. The first kappa shape index (κ1) is 108. The van der Waals surface area contributed by atoms with Gasteiger partial charge in [0, 0.05) is 40.7 Å². The largest absolute Gasteiger partial charge is 0.744 e. The summed E-state index contributed by atoms with van der Waals surface area (Å²) in [5.74, 6) is -8.70. The number of thiophene rings is 1. The van der Waals surface area contributed by atoms with Gasteiger partial charge in [-0.05, 0) is 272 Å². The van der Waals surface area contributed by atoms with E-state index in [4.69, 9.17) is 24.1 Å². The van der Waals surface area contributed by atoms with Crippen LogP contribution in [0.4, 0.5) is 39.5 Å². The molecule has 0 aliphatic carbocycles. The number of fused-ring (bicyclic) bond motifs is 3. The predicted molar refractivity (Wildman–Crippen MR) is 518 cm³/mol. The molecule has 726 valence electrons. The van der Waals surface area contributed by atoms with Gasteiger partial charge in [-0.1, -0.05) is 169 Å². The minimum absolute atomic E-state index is 0.0146. The third-order valence-electron chi connectivity index (χ3n) is 21.3. The molecule has 3 unspecified atom stereocenters. The van der Waals surface area contributed by atoms with E-state index in [2.05, 4.69) is 208 Å². The molecule has 1 heterocycles. The second kappa shape index (κ2) is 51.1.